The number of para-hydroxylation sites is 1. The highest BCUT2D eigenvalue weighted by atomic mass is 16.3. The molecule has 41 heavy (non-hydrogen) atoms. The standard InChI is InChI=1S/C35H36N2O4/c1-34(2,3)24-18-20(19-25(33(24)41)35(4,5)6)14-17-28(38)36-27-13-9-10-21-15-16-26(37-30(21)27)29-31(39)22-11-7-8-12-23(22)32(29)40/h7-13,15-16,18-19,29,41H,14,17H2,1-6H3,(H,36,38)/p+1. The van der Waals surface area contributed by atoms with Crippen LogP contribution in [0.5, 0.6) is 5.75 Å². The zero-order chi connectivity index (χ0) is 29.7. The third-order valence-corrected chi connectivity index (χ3v) is 7.74. The van der Waals surface area contributed by atoms with Crippen molar-refractivity contribution in [3.8, 4) is 5.75 Å². The van der Waals surface area contributed by atoms with Crippen LogP contribution in [0.4, 0.5) is 5.69 Å². The second-order valence-corrected chi connectivity index (χ2v) is 12.9. The second-order valence-electron chi connectivity index (χ2n) is 12.9. The van der Waals surface area contributed by atoms with Crippen LogP contribution in [0.2, 0.25) is 0 Å². The van der Waals surface area contributed by atoms with E-state index in [0.29, 0.717) is 40.2 Å². The molecule has 0 aliphatic heterocycles. The molecule has 4 aromatic rings. The van der Waals surface area contributed by atoms with Crippen molar-refractivity contribution in [1.82, 2.24) is 4.98 Å². The number of aryl methyl sites for hydroxylation is 1. The molecule has 1 heterocycles. The first-order valence-corrected chi connectivity index (χ1v) is 14.0. The lowest BCUT2D eigenvalue weighted by molar-refractivity contribution is -0.116. The lowest BCUT2D eigenvalue weighted by Crippen LogP contribution is -2.18. The molecule has 0 saturated carbocycles. The Morgan fingerprint density at radius 3 is 2.15 bits per heavy atom. The number of ketones is 2. The van der Waals surface area contributed by atoms with E-state index in [0.717, 1.165) is 22.1 Å². The average molecular weight is 550 g/mol. The maximum atomic E-state index is 13.2. The van der Waals surface area contributed by atoms with Crippen molar-refractivity contribution < 1.29 is 19.5 Å². The Hall–Kier alpha value is -4.32. The van der Waals surface area contributed by atoms with Crippen LogP contribution < -0.4 is 5.32 Å². The molecule has 3 aromatic carbocycles. The average Bonchev–Trinajstić information content (AvgIpc) is 3.16. The molecule has 5 rings (SSSR count). The Morgan fingerprint density at radius 2 is 1.54 bits per heavy atom. The normalized spacial score (nSPS) is 15.3. The molecule has 0 saturated heterocycles. The highest BCUT2D eigenvalue weighted by Crippen LogP contribution is 2.40. The minimum absolute atomic E-state index is 0.00267. The van der Waals surface area contributed by atoms with Gasteiger partial charge in [0.15, 0.2) is 11.7 Å². The number of amides is 1. The fourth-order valence-corrected chi connectivity index (χ4v) is 5.51. The van der Waals surface area contributed by atoms with Crippen LogP contribution in [0.25, 0.3) is 10.9 Å². The van der Waals surface area contributed by atoms with Gasteiger partial charge in [-0.3, -0.25) is 14.4 Å². The molecule has 0 fully saturated rings. The van der Waals surface area contributed by atoms with Gasteiger partial charge in [-0.25, -0.2) is 4.98 Å². The number of benzene rings is 3. The van der Waals surface area contributed by atoms with Crippen LogP contribution in [-0.4, -0.2) is 32.4 Å². The second kappa shape index (κ2) is 10.3. The van der Waals surface area contributed by atoms with Gasteiger partial charge in [0.2, 0.25) is 5.91 Å². The quantitative estimate of drug-likeness (QED) is 0.207. The maximum Gasteiger partial charge on any atom is 0.341 e. The summed E-state index contributed by atoms with van der Waals surface area (Å²) in [5, 5.41) is 14.8. The molecule has 0 radical (unpaired) electrons. The van der Waals surface area contributed by atoms with Crippen LogP contribution in [-0.2, 0) is 22.0 Å². The number of aromatic hydroxyl groups is 1. The number of nitrogens with one attached hydrogen (secondary N) is 1. The predicted octanol–water partition coefficient (Wildman–Crippen LogP) is 6.98. The number of phenols is 1. The summed E-state index contributed by atoms with van der Waals surface area (Å²) in [5.74, 6) is -0.903. The van der Waals surface area contributed by atoms with E-state index in [9.17, 15) is 19.5 Å². The van der Waals surface area contributed by atoms with Crippen molar-refractivity contribution in [2.45, 2.75) is 71.1 Å². The minimum Gasteiger partial charge on any atom is -0.507 e. The van der Waals surface area contributed by atoms with Gasteiger partial charge in [-0.15, -0.1) is 0 Å². The number of fused-ring (bicyclic) bond motifs is 2. The Morgan fingerprint density at radius 1 is 0.902 bits per heavy atom. The number of hydrogen-bond donors (Lipinski definition) is 2. The van der Waals surface area contributed by atoms with Gasteiger partial charge in [0.25, 0.3) is 0 Å². The Kier molecular flexibility index (Phi) is 7.06. The molecule has 1 aliphatic carbocycles. The van der Waals surface area contributed by atoms with Crippen molar-refractivity contribution in [2.75, 3.05) is 5.32 Å². The first-order valence-electron chi connectivity index (χ1n) is 14.0. The van der Waals surface area contributed by atoms with Gasteiger partial charge in [0.05, 0.1) is 22.5 Å². The van der Waals surface area contributed by atoms with Crippen LogP contribution in [0.1, 0.15) is 92.2 Å². The van der Waals surface area contributed by atoms with Crippen LogP contribution in [0.3, 0.4) is 0 Å². The van der Waals surface area contributed by atoms with Gasteiger partial charge in [0, 0.05) is 17.4 Å². The van der Waals surface area contributed by atoms with Crippen LogP contribution in [0.15, 0.2) is 66.7 Å². The van der Waals surface area contributed by atoms with E-state index in [1.165, 1.54) is 0 Å². The van der Waals surface area contributed by atoms with Crippen LogP contribution in [0, 0.1) is 0 Å². The number of carbonyl (C=O) groups excluding carboxylic acids is 3. The van der Waals surface area contributed by atoms with Gasteiger partial charge >= 0.3 is 5.78 Å². The molecule has 1 aliphatic rings. The molecule has 1 atom stereocenters. The smallest absolute Gasteiger partial charge is 0.341 e. The van der Waals surface area contributed by atoms with Crippen molar-refractivity contribution in [3.05, 3.63) is 100 Å². The number of rotatable bonds is 5. The van der Waals surface area contributed by atoms with Crippen molar-refractivity contribution in [3.63, 3.8) is 0 Å². The lowest BCUT2D eigenvalue weighted by Gasteiger charge is -2.28. The zero-order valence-corrected chi connectivity index (χ0v) is 24.5. The SMILES string of the molecule is CC(C)(C)c1cc(CCC(=O)Nc2cccc3ccc(C4C(=O)c5ccccc5C4=[OH+])nc23)cc(C(C)(C)C)c1O. The monoisotopic (exact) mass is 549 g/mol. The van der Waals surface area contributed by atoms with Crippen molar-refractivity contribution in [2.24, 2.45) is 0 Å². The molecule has 1 unspecified atom stereocenters. The summed E-state index contributed by atoms with van der Waals surface area (Å²) >= 11 is 0. The molecule has 1 amide bonds. The number of pyridine rings is 1. The molecule has 210 valence electrons. The van der Waals surface area contributed by atoms with Gasteiger partial charge in [-0.1, -0.05) is 90.1 Å². The molecule has 0 spiro atoms. The van der Waals surface area contributed by atoms with E-state index in [1.54, 1.807) is 36.4 Å². The summed E-state index contributed by atoms with van der Waals surface area (Å²) in [6.07, 6.45) is 0.762. The first kappa shape index (κ1) is 28.2. The first-order chi connectivity index (χ1) is 19.3. The summed E-state index contributed by atoms with van der Waals surface area (Å²) in [4.78, 5) is 41.9. The Balaban J connectivity index is 1.39. The van der Waals surface area contributed by atoms with Gasteiger partial charge in [-0.05, 0) is 52.1 Å². The molecular formula is C35H37N2O4+. The molecule has 6 heteroatoms. The van der Waals surface area contributed by atoms with Crippen molar-refractivity contribution >= 4 is 34.1 Å². The summed E-state index contributed by atoms with van der Waals surface area (Å²) in [6.45, 7) is 12.4. The molecule has 1 aromatic heterocycles. The summed E-state index contributed by atoms with van der Waals surface area (Å²) in [7, 11) is 0. The van der Waals surface area contributed by atoms with Gasteiger partial charge < -0.3 is 10.4 Å². The topological polar surface area (TPSA) is 101 Å². The third kappa shape index (κ3) is 5.39. The molecule has 3 N–H and O–H groups in total. The summed E-state index contributed by atoms with van der Waals surface area (Å²) in [5.41, 5.74) is 4.80. The number of aromatic nitrogens is 1. The van der Waals surface area contributed by atoms with Crippen LogP contribution >= 0.6 is 0 Å². The third-order valence-electron chi connectivity index (χ3n) is 7.74. The predicted molar refractivity (Wildman–Crippen MR) is 164 cm³/mol. The van der Waals surface area contributed by atoms with E-state index < -0.39 is 5.92 Å². The molecule has 6 nitrogen and oxygen atoms in total. The van der Waals surface area contributed by atoms with E-state index in [2.05, 4.69) is 46.9 Å². The fourth-order valence-electron chi connectivity index (χ4n) is 5.51. The minimum atomic E-state index is -0.871. The maximum absolute atomic E-state index is 13.2. The Bertz CT molecular complexity index is 1640. The fraction of sp³-hybridized carbons (Fsp3) is 0.314. The number of hydrogen-bond acceptors (Lipinski definition) is 4. The van der Waals surface area contributed by atoms with Crippen molar-refractivity contribution in [1.29, 1.82) is 0 Å². The van der Waals surface area contributed by atoms with E-state index >= 15 is 0 Å². The van der Waals surface area contributed by atoms with Gasteiger partial charge in [0.1, 0.15) is 5.75 Å². The highest BCUT2D eigenvalue weighted by molar-refractivity contribution is 6.29. The van der Waals surface area contributed by atoms with E-state index in [-0.39, 0.29) is 34.7 Å². The summed E-state index contributed by atoms with van der Waals surface area (Å²) < 4.78 is 0. The lowest BCUT2D eigenvalue weighted by atomic mass is 9.78. The zero-order valence-electron chi connectivity index (χ0n) is 24.5. The summed E-state index contributed by atoms with van der Waals surface area (Å²) in [6, 6.07) is 20.2. The number of carbonyl (C=O) groups is 2. The number of anilines is 1. The molecular weight excluding hydrogens is 512 g/mol. The van der Waals surface area contributed by atoms with Gasteiger partial charge in [-0.2, -0.15) is 0 Å². The largest absolute Gasteiger partial charge is 0.507 e. The van der Waals surface area contributed by atoms with E-state index in [4.69, 9.17) is 4.98 Å². The number of phenolic OH excluding ortho intramolecular Hbond substituents is 1. The number of nitrogens with zero attached hydrogens (tertiary/aromatic N) is 1. The Labute approximate surface area is 240 Å². The highest BCUT2D eigenvalue weighted by Gasteiger charge is 2.45. The number of Topliss-reactive ketones (excluding diaryl/α,β-unsaturated/α-hetero) is 1. The molecule has 0 bridgehead atoms. The van der Waals surface area contributed by atoms with E-state index in [1.807, 2.05) is 30.3 Å².